The summed E-state index contributed by atoms with van der Waals surface area (Å²) in [5, 5.41) is 5.91. The van der Waals surface area contributed by atoms with Gasteiger partial charge in [-0.25, -0.2) is 9.59 Å². The number of hydrogen-bond acceptors (Lipinski definition) is 3. The Kier molecular flexibility index (Phi) is 7.75. The summed E-state index contributed by atoms with van der Waals surface area (Å²) in [6, 6.07) is 10.2. The van der Waals surface area contributed by atoms with E-state index >= 15 is 0 Å². The van der Waals surface area contributed by atoms with Crippen molar-refractivity contribution >= 4 is 12.1 Å². The largest absolute Gasteiger partial charge is 0.450 e. The molecule has 0 bridgehead atoms. The van der Waals surface area contributed by atoms with Crippen molar-refractivity contribution in [2.45, 2.75) is 45.6 Å². The third kappa shape index (κ3) is 5.93. The zero-order valence-electron chi connectivity index (χ0n) is 16.0. The van der Waals surface area contributed by atoms with Crippen molar-refractivity contribution in [3.8, 4) is 0 Å². The van der Waals surface area contributed by atoms with E-state index in [2.05, 4.69) is 36.6 Å². The predicted molar refractivity (Wildman–Crippen MR) is 102 cm³/mol. The SMILES string of the molecule is CCOC(=O)NC1CCCN(C(=O)NCC(c2ccccc2)C(C)C)C1. The monoisotopic (exact) mass is 361 g/mol. The van der Waals surface area contributed by atoms with Crippen molar-refractivity contribution in [2.24, 2.45) is 5.92 Å². The predicted octanol–water partition coefficient (Wildman–Crippen LogP) is 3.35. The molecular weight excluding hydrogens is 330 g/mol. The van der Waals surface area contributed by atoms with Crippen molar-refractivity contribution in [2.75, 3.05) is 26.2 Å². The molecule has 2 unspecified atom stereocenters. The molecule has 0 radical (unpaired) electrons. The Bertz CT molecular complexity index is 577. The number of benzene rings is 1. The van der Waals surface area contributed by atoms with Gasteiger partial charge in [-0.2, -0.15) is 0 Å². The molecule has 1 saturated heterocycles. The summed E-state index contributed by atoms with van der Waals surface area (Å²) in [7, 11) is 0. The number of amides is 3. The number of hydrogen-bond donors (Lipinski definition) is 2. The van der Waals surface area contributed by atoms with Gasteiger partial charge < -0.3 is 20.3 Å². The number of carbonyl (C=O) groups is 2. The van der Waals surface area contributed by atoms with Crippen LogP contribution in [0.2, 0.25) is 0 Å². The Hall–Kier alpha value is -2.24. The number of rotatable bonds is 6. The lowest BCUT2D eigenvalue weighted by Gasteiger charge is -2.33. The van der Waals surface area contributed by atoms with Crippen molar-refractivity contribution in [3.63, 3.8) is 0 Å². The smallest absolute Gasteiger partial charge is 0.407 e. The molecule has 0 aliphatic carbocycles. The van der Waals surface area contributed by atoms with Gasteiger partial charge in [-0.15, -0.1) is 0 Å². The van der Waals surface area contributed by atoms with Crippen LogP contribution in [0.3, 0.4) is 0 Å². The van der Waals surface area contributed by atoms with E-state index in [4.69, 9.17) is 4.74 Å². The molecule has 1 aliphatic heterocycles. The topological polar surface area (TPSA) is 70.7 Å². The lowest BCUT2D eigenvalue weighted by Crippen LogP contribution is -2.52. The van der Waals surface area contributed by atoms with Gasteiger partial charge in [0.15, 0.2) is 0 Å². The standard InChI is InChI=1S/C20H31N3O3/c1-4-26-20(25)22-17-11-8-12-23(14-17)19(24)21-13-18(15(2)3)16-9-6-5-7-10-16/h5-7,9-10,15,17-18H,4,8,11-14H2,1-3H3,(H,21,24)(H,22,25). The van der Waals surface area contributed by atoms with Gasteiger partial charge in [0.05, 0.1) is 6.61 Å². The summed E-state index contributed by atoms with van der Waals surface area (Å²) in [4.78, 5) is 25.9. The molecule has 6 heteroatoms. The van der Waals surface area contributed by atoms with Crippen LogP contribution in [0.25, 0.3) is 0 Å². The van der Waals surface area contributed by atoms with E-state index in [1.54, 1.807) is 11.8 Å². The first-order valence-corrected chi connectivity index (χ1v) is 9.52. The van der Waals surface area contributed by atoms with Crippen molar-refractivity contribution in [3.05, 3.63) is 35.9 Å². The van der Waals surface area contributed by atoms with Crippen molar-refractivity contribution in [1.82, 2.24) is 15.5 Å². The lowest BCUT2D eigenvalue weighted by molar-refractivity contribution is 0.135. The highest BCUT2D eigenvalue weighted by Crippen LogP contribution is 2.23. The number of ether oxygens (including phenoxy) is 1. The normalized spacial score (nSPS) is 18.3. The second kappa shape index (κ2) is 10.0. The molecule has 2 N–H and O–H groups in total. The fourth-order valence-electron chi connectivity index (χ4n) is 3.37. The number of alkyl carbamates (subject to hydrolysis) is 1. The number of nitrogens with one attached hydrogen (secondary N) is 2. The van der Waals surface area contributed by atoms with Gasteiger partial charge in [0, 0.05) is 31.6 Å². The highest BCUT2D eigenvalue weighted by atomic mass is 16.5. The van der Waals surface area contributed by atoms with Crippen LogP contribution in [-0.4, -0.2) is 49.3 Å². The van der Waals surface area contributed by atoms with Crippen LogP contribution >= 0.6 is 0 Å². The molecule has 6 nitrogen and oxygen atoms in total. The molecule has 3 amide bonds. The molecule has 1 heterocycles. The molecular formula is C20H31N3O3. The minimum atomic E-state index is -0.413. The zero-order chi connectivity index (χ0) is 18.9. The van der Waals surface area contributed by atoms with Gasteiger partial charge in [-0.3, -0.25) is 0 Å². The molecule has 0 aromatic heterocycles. The molecule has 1 fully saturated rings. The van der Waals surface area contributed by atoms with E-state index in [1.165, 1.54) is 5.56 Å². The van der Waals surface area contributed by atoms with Crippen LogP contribution < -0.4 is 10.6 Å². The van der Waals surface area contributed by atoms with Crippen LogP contribution in [0, 0.1) is 5.92 Å². The van der Waals surface area contributed by atoms with Crippen molar-refractivity contribution < 1.29 is 14.3 Å². The lowest BCUT2D eigenvalue weighted by atomic mass is 9.88. The average molecular weight is 361 g/mol. The second-order valence-electron chi connectivity index (χ2n) is 7.10. The summed E-state index contributed by atoms with van der Waals surface area (Å²) < 4.78 is 4.93. The quantitative estimate of drug-likeness (QED) is 0.816. The fourth-order valence-corrected chi connectivity index (χ4v) is 3.37. The Morgan fingerprint density at radius 3 is 2.65 bits per heavy atom. The van der Waals surface area contributed by atoms with Crippen LogP contribution in [0.5, 0.6) is 0 Å². The minimum Gasteiger partial charge on any atom is -0.450 e. The Balaban J connectivity index is 1.87. The first kappa shape index (κ1) is 20.1. The van der Waals surface area contributed by atoms with Crippen LogP contribution in [0.4, 0.5) is 9.59 Å². The fraction of sp³-hybridized carbons (Fsp3) is 0.600. The minimum absolute atomic E-state index is 0.0523. The maximum atomic E-state index is 12.6. The Morgan fingerprint density at radius 2 is 2.00 bits per heavy atom. The highest BCUT2D eigenvalue weighted by Gasteiger charge is 2.26. The molecule has 0 saturated carbocycles. The number of carbonyl (C=O) groups excluding carboxylic acids is 2. The van der Waals surface area contributed by atoms with Gasteiger partial charge in [0.1, 0.15) is 0 Å². The van der Waals surface area contributed by atoms with E-state index in [1.807, 2.05) is 18.2 Å². The van der Waals surface area contributed by atoms with Crippen LogP contribution in [-0.2, 0) is 4.74 Å². The van der Waals surface area contributed by atoms with Crippen LogP contribution in [0.15, 0.2) is 30.3 Å². The summed E-state index contributed by atoms with van der Waals surface area (Å²) in [6.45, 7) is 8.30. The molecule has 0 spiro atoms. The summed E-state index contributed by atoms with van der Waals surface area (Å²) in [5.74, 6) is 0.704. The second-order valence-corrected chi connectivity index (χ2v) is 7.10. The van der Waals surface area contributed by atoms with Gasteiger partial charge in [0.25, 0.3) is 0 Å². The van der Waals surface area contributed by atoms with Crippen molar-refractivity contribution in [1.29, 1.82) is 0 Å². The first-order chi connectivity index (χ1) is 12.5. The third-order valence-electron chi connectivity index (χ3n) is 4.81. The van der Waals surface area contributed by atoms with E-state index in [0.29, 0.717) is 32.2 Å². The summed E-state index contributed by atoms with van der Waals surface area (Å²) in [6.07, 6.45) is 1.32. The van der Waals surface area contributed by atoms with Gasteiger partial charge in [-0.05, 0) is 31.2 Å². The van der Waals surface area contributed by atoms with Gasteiger partial charge in [-0.1, -0.05) is 44.2 Å². The zero-order valence-corrected chi connectivity index (χ0v) is 16.0. The number of nitrogens with zero attached hydrogens (tertiary/aromatic N) is 1. The third-order valence-corrected chi connectivity index (χ3v) is 4.81. The van der Waals surface area contributed by atoms with E-state index in [9.17, 15) is 9.59 Å². The summed E-state index contributed by atoms with van der Waals surface area (Å²) >= 11 is 0. The van der Waals surface area contributed by atoms with E-state index < -0.39 is 6.09 Å². The van der Waals surface area contributed by atoms with Crippen LogP contribution in [0.1, 0.15) is 45.1 Å². The number of piperidine rings is 1. The number of likely N-dealkylation sites (tertiary alicyclic amines) is 1. The average Bonchev–Trinajstić information content (AvgIpc) is 2.62. The highest BCUT2D eigenvalue weighted by molar-refractivity contribution is 5.74. The molecule has 1 aromatic rings. The Morgan fingerprint density at radius 1 is 1.27 bits per heavy atom. The molecule has 1 aromatic carbocycles. The maximum Gasteiger partial charge on any atom is 0.407 e. The maximum absolute atomic E-state index is 12.6. The Labute approximate surface area is 156 Å². The van der Waals surface area contributed by atoms with E-state index in [0.717, 1.165) is 12.8 Å². The molecule has 2 atom stereocenters. The number of urea groups is 1. The van der Waals surface area contributed by atoms with Gasteiger partial charge in [0.2, 0.25) is 0 Å². The molecule has 1 aliphatic rings. The van der Waals surface area contributed by atoms with Gasteiger partial charge >= 0.3 is 12.1 Å². The molecule has 2 rings (SSSR count). The molecule has 26 heavy (non-hydrogen) atoms. The summed E-state index contributed by atoms with van der Waals surface area (Å²) in [5.41, 5.74) is 1.24. The van der Waals surface area contributed by atoms with E-state index in [-0.39, 0.29) is 18.0 Å². The molecule has 144 valence electrons. The first-order valence-electron chi connectivity index (χ1n) is 9.52.